The fraction of sp³-hybridized carbons (Fsp3) is 0.174. The van der Waals surface area contributed by atoms with E-state index in [9.17, 15) is 14.4 Å². The van der Waals surface area contributed by atoms with E-state index >= 15 is 0 Å². The topological polar surface area (TPSA) is 70.2 Å². The Balaban J connectivity index is 1.59. The summed E-state index contributed by atoms with van der Waals surface area (Å²) in [5.41, 5.74) is 4.49. The Kier molecular flexibility index (Phi) is 5.42. The van der Waals surface area contributed by atoms with Crippen LogP contribution in [0.15, 0.2) is 59.6 Å². The van der Waals surface area contributed by atoms with Crippen LogP contribution in [-0.4, -0.2) is 21.0 Å². The highest BCUT2D eigenvalue weighted by atomic mass is 32.2. The van der Waals surface area contributed by atoms with E-state index in [2.05, 4.69) is 16.4 Å². The van der Waals surface area contributed by atoms with Crippen LogP contribution in [0.5, 0.6) is 0 Å². The molecule has 2 aromatic carbocycles. The van der Waals surface area contributed by atoms with Crippen molar-refractivity contribution in [2.45, 2.75) is 24.9 Å². The number of pyridine rings is 1. The van der Waals surface area contributed by atoms with Gasteiger partial charge in [-0.05, 0) is 55.3 Å². The Hall–Kier alpha value is -3.37. The maximum atomic E-state index is 13.1. The number of para-hydroxylation sites is 2. The quantitative estimate of drug-likeness (QED) is 0.474. The summed E-state index contributed by atoms with van der Waals surface area (Å²) >= 11 is 1.39. The number of nitrogens with zero attached hydrogens (tertiary/aromatic N) is 3. The van der Waals surface area contributed by atoms with Crippen LogP contribution in [0.3, 0.4) is 0 Å². The predicted octanol–water partition coefficient (Wildman–Crippen LogP) is 4.78. The van der Waals surface area contributed by atoms with Crippen molar-refractivity contribution >= 4 is 34.3 Å². The van der Waals surface area contributed by atoms with Gasteiger partial charge in [0.1, 0.15) is 11.9 Å². The zero-order valence-corrected chi connectivity index (χ0v) is 17.3. The number of carbonyl (C=O) groups excluding carboxylic acids is 1. The van der Waals surface area contributed by atoms with E-state index in [1.54, 1.807) is 12.1 Å². The minimum atomic E-state index is -0.305. The van der Waals surface area contributed by atoms with Gasteiger partial charge in [-0.3, -0.25) is 9.20 Å². The number of imidazole rings is 1. The minimum absolute atomic E-state index is 0.128. The number of aryl methyl sites for hydroxylation is 1. The second kappa shape index (κ2) is 8.17. The first-order chi connectivity index (χ1) is 14.5. The molecule has 1 amide bonds. The van der Waals surface area contributed by atoms with Gasteiger partial charge in [-0.25, -0.2) is 9.37 Å². The monoisotopic (exact) mass is 418 g/mol. The number of nitrogens with one attached hydrogen (secondary N) is 1. The third-order valence-electron chi connectivity index (χ3n) is 4.95. The Labute approximate surface area is 177 Å². The molecule has 0 radical (unpaired) electrons. The van der Waals surface area contributed by atoms with E-state index in [0.29, 0.717) is 11.2 Å². The van der Waals surface area contributed by atoms with Gasteiger partial charge in [0, 0.05) is 0 Å². The standard InChI is InChI=1S/C23H19FN4OS/c1-14-11-22(28-20-6-4-3-5-19(20)27-23(28)18(14)12-25)30-13-21(29)26-15(2)16-7-9-17(24)10-8-16/h3-11,15H,13H2,1-2H3,(H,26,29)/t15-/m0/s1. The number of carbonyl (C=O) groups is 1. The van der Waals surface area contributed by atoms with Crippen molar-refractivity contribution in [2.24, 2.45) is 0 Å². The number of thioether (sulfide) groups is 1. The first-order valence-electron chi connectivity index (χ1n) is 9.46. The third-order valence-corrected chi connectivity index (χ3v) is 5.95. The maximum absolute atomic E-state index is 13.1. The smallest absolute Gasteiger partial charge is 0.230 e. The van der Waals surface area contributed by atoms with Crippen LogP contribution in [0, 0.1) is 24.1 Å². The third kappa shape index (κ3) is 3.74. The molecule has 30 heavy (non-hydrogen) atoms. The minimum Gasteiger partial charge on any atom is -0.349 e. The largest absolute Gasteiger partial charge is 0.349 e. The molecule has 0 saturated heterocycles. The number of nitriles is 1. The summed E-state index contributed by atoms with van der Waals surface area (Å²) < 4.78 is 15.0. The molecule has 0 aliphatic rings. The van der Waals surface area contributed by atoms with Gasteiger partial charge >= 0.3 is 0 Å². The van der Waals surface area contributed by atoms with Gasteiger partial charge in [-0.1, -0.05) is 36.0 Å². The second-order valence-corrected chi connectivity index (χ2v) is 8.04. The molecule has 1 N–H and O–H groups in total. The molecular formula is C23H19FN4OS. The first kappa shape index (κ1) is 19.9. The number of halogens is 1. The van der Waals surface area contributed by atoms with Crippen molar-refractivity contribution in [1.29, 1.82) is 5.26 Å². The number of rotatable bonds is 5. The Bertz CT molecular complexity index is 1290. The van der Waals surface area contributed by atoms with Crippen LogP contribution in [0.4, 0.5) is 4.39 Å². The van der Waals surface area contributed by atoms with E-state index in [4.69, 9.17) is 0 Å². The van der Waals surface area contributed by atoms with Crippen LogP contribution in [0.25, 0.3) is 16.7 Å². The summed E-state index contributed by atoms with van der Waals surface area (Å²) in [5, 5.41) is 13.4. The van der Waals surface area contributed by atoms with Gasteiger partial charge in [0.05, 0.1) is 33.4 Å². The van der Waals surface area contributed by atoms with Crippen molar-refractivity contribution in [3.05, 3.63) is 77.1 Å². The molecule has 5 nitrogen and oxygen atoms in total. The molecule has 0 unspecified atom stereocenters. The van der Waals surface area contributed by atoms with E-state index in [1.807, 2.05) is 48.6 Å². The van der Waals surface area contributed by atoms with Crippen LogP contribution >= 0.6 is 11.8 Å². The lowest BCUT2D eigenvalue weighted by molar-refractivity contribution is -0.119. The molecule has 0 saturated carbocycles. The molecular weight excluding hydrogens is 399 g/mol. The first-order valence-corrected chi connectivity index (χ1v) is 10.4. The number of hydrogen-bond donors (Lipinski definition) is 1. The molecule has 1 atom stereocenters. The Morgan fingerprint density at radius 3 is 2.73 bits per heavy atom. The summed E-state index contributed by atoms with van der Waals surface area (Å²) in [6, 6.07) is 17.7. The molecule has 150 valence electrons. The number of fused-ring (bicyclic) bond motifs is 3. The lowest BCUT2D eigenvalue weighted by Gasteiger charge is -2.15. The zero-order chi connectivity index (χ0) is 21.3. The number of hydrogen-bond acceptors (Lipinski definition) is 4. The van der Waals surface area contributed by atoms with E-state index in [1.165, 1.54) is 23.9 Å². The van der Waals surface area contributed by atoms with Crippen molar-refractivity contribution in [1.82, 2.24) is 14.7 Å². The average molecular weight is 418 g/mol. The van der Waals surface area contributed by atoms with Crippen LogP contribution < -0.4 is 5.32 Å². The number of benzene rings is 2. The second-order valence-electron chi connectivity index (χ2n) is 7.04. The summed E-state index contributed by atoms with van der Waals surface area (Å²) in [6.45, 7) is 3.74. The molecule has 4 rings (SSSR count). The Morgan fingerprint density at radius 2 is 2.00 bits per heavy atom. The summed E-state index contributed by atoms with van der Waals surface area (Å²) in [4.78, 5) is 17.2. The number of amides is 1. The lowest BCUT2D eigenvalue weighted by atomic mass is 10.1. The Morgan fingerprint density at radius 1 is 1.27 bits per heavy atom. The van der Waals surface area contributed by atoms with Gasteiger partial charge in [-0.2, -0.15) is 5.26 Å². The highest BCUT2D eigenvalue weighted by Gasteiger charge is 2.17. The van der Waals surface area contributed by atoms with Crippen LogP contribution in [-0.2, 0) is 4.79 Å². The summed E-state index contributed by atoms with van der Waals surface area (Å²) in [6.07, 6.45) is 0. The van der Waals surface area contributed by atoms with Crippen molar-refractivity contribution < 1.29 is 9.18 Å². The summed E-state index contributed by atoms with van der Waals surface area (Å²) in [5.74, 6) is -0.227. The van der Waals surface area contributed by atoms with E-state index < -0.39 is 0 Å². The highest BCUT2D eigenvalue weighted by molar-refractivity contribution is 7.99. The zero-order valence-electron chi connectivity index (χ0n) is 16.5. The van der Waals surface area contributed by atoms with Crippen molar-refractivity contribution in [2.75, 3.05) is 5.75 Å². The van der Waals surface area contributed by atoms with Gasteiger partial charge < -0.3 is 5.32 Å². The lowest BCUT2D eigenvalue weighted by Crippen LogP contribution is -2.28. The maximum Gasteiger partial charge on any atom is 0.230 e. The average Bonchev–Trinajstić information content (AvgIpc) is 3.12. The van der Waals surface area contributed by atoms with E-state index in [0.717, 1.165) is 27.2 Å². The summed E-state index contributed by atoms with van der Waals surface area (Å²) in [7, 11) is 0. The number of aromatic nitrogens is 2. The van der Waals surface area contributed by atoms with Gasteiger partial charge in [-0.15, -0.1) is 0 Å². The molecule has 0 spiro atoms. The van der Waals surface area contributed by atoms with E-state index in [-0.39, 0.29) is 23.5 Å². The van der Waals surface area contributed by atoms with Gasteiger partial charge in [0.2, 0.25) is 5.91 Å². The molecule has 4 aromatic rings. The molecule has 0 aliphatic carbocycles. The van der Waals surface area contributed by atoms with Crippen LogP contribution in [0.1, 0.15) is 29.7 Å². The molecule has 2 aromatic heterocycles. The molecule has 0 aliphatic heterocycles. The van der Waals surface area contributed by atoms with Crippen molar-refractivity contribution in [3.8, 4) is 6.07 Å². The van der Waals surface area contributed by atoms with Crippen LogP contribution in [0.2, 0.25) is 0 Å². The highest BCUT2D eigenvalue weighted by Crippen LogP contribution is 2.29. The fourth-order valence-corrected chi connectivity index (χ4v) is 4.35. The molecule has 7 heteroatoms. The molecule has 0 bridgehead atoms. The van der Waals surface area contributed by atoms with Gasteiger partial charge in [0.25, 0.3) is 0 Å². The normalized spacial score (nSPS) is 12.1. The predicted molar refractivity (Wildman–Crippen MR) is 116 cm³/mol. The molecule has 0 fully saturated rings. The SMILES string of the molecule is Cc1cc(SCC(=O)N[C@@H](C)c2ccc(F)cc2)n2c(nc3ccccc32)c1C#N. The van der Waals surface area contributed by atoms with Gasteiger partial charge in [0.15, 0.2) is 5.65 Å². The fourth-order valence-electron chi connectivity index (χ4n) is 3.42. The van der Waals surface area contributed by atoms with Crippen molar-refractivity contribution in [3.63, 3.8) is 0 Å². The molecule has 2 heterocycles.